The van der Waals surface area contributed by atoms with Crippen molar-refractivity contribution in [1.82, 2.24) is 10.2 Å². The molecule has 0 saturated heterocycles. The molecule has 0 unspecified atom stereocenters. The number of hydrogen-bond acceptors (Lipinski definition) is 5. The van der Waals surface area contributed by atoms with Crippen LogP contribution in [0.3, 0.4) is 0 Å². The molecule has 0 fully saturated rings. The van der Waals surface area contributed by atoms with Gasteiger partial charge in [-0.05, 0) is 19.1 Å². The van der Waals surface area contributed by atoms with E-state index in [0.717, 1.165) is 0 Å². The van der Waals surface area contributed by atoms with Crippen molar-refractivity contribution in [3.63, 3.8) is 0 Å². The second-order valence-corrected chi connectivity index (χ2v) is 3.84. The first-order chi connectivity index (χ1) is 8.58. The van der Waals surface area contributed by atoms with Crippen LogP contribution in [0, 0.1) is 17.0 Å². The Morgan fingerprint density at radius 3 is 2.67 bits per heavy atom. The number of hydrogen-bond donors (Lipinski definition) is 0. The maximum atomic E-state index is 10.8. The summed E-state index contributed by atoms with van der Waals surface area (Å²) in [7, 11) is 0. The summed E-state index contributed by atoms with van der Waals surface area (Å²) >= 11 is 5.59. The third-order valence-corrected chi connectivity index (χ3v) is 2.48. The molecule has 2 rings (SSSR count). The van der Waals surface area contributed by atoms with Crippen molar-refractivity contribution in [2.75, 3.05) is 0 Å². The van der Waals surface area contributed by atoms with Gasteiger partial charge in [-0.3, -0.25) is 10.1 Å². The molecule has 0 amide bonds. The van der Waals surface area contributed by atoms with E-state index >= 15 is 0 Å². The molecular weight excluding hydrogens is 258 g/mol. The Hall–Kier alpha value is -2.21. The summed E-state index contributed by atoms with van der Waals surface area (Å²) in [6.45, 7) is 1.61. The standard InChI is InChI=1S/C11H8ClN3O3/c1-7-8(15(16)17)3-2-4-9(7)18-11-6-5-10(12)13-14-11/h2-6H,1H3. The fourth-order valence-electron chi connectivity index (χ4n) is 1.38. The highest BCUT2D eigenvalue weighted by atomic mass is 35.5. The van der Waals surface area contributed by atoms with Crippen molar-refractivity contribution < 1.29 is 9.66 Å². The summed E-state index contributed by atoms with van der Waals surface area (Å²) in [5.41, 5.74) is 0.425. The number of rotatable bonds is 3. The molecule has 18 heavy (non-hydrogen) atoms. The first-order valence-corrected chi connectivity index (χ1v) is 5.37. The van der Waals surface area contributed by atoms with E-state index < -0.39 is 4.92 Å². The SMILES string of the molecule is Cc1c(Oc2ccc(Cl)nn2)cccc1[N+](=O)[O-]. The molecule has 7 heteroatoms. The van der Waals surface area contributed by atoms with Crippen LogP contribution >= 0.6 is 11.6 Å². The maximum absolute atomic E-state index is 10.8. The molecule has 0 aliphatic heterocycles. The van der Waals surface area contributed by atoms with Crippen LogP contribution in [0.15, 0.2) is 30.3 Å². The molecule has 0 aliphatic rings. The average molecular weight is 266 g/mol. The van der Waals surface area contributed by atoms with Gasteiger partial charge < -0.3 is 4.74 Å². The molecule has 92 valence electrons. The number of halogens is 1. The zero-order chi connectivity index (χ0) is 13.1. The van der Waals surface area contributed by atoms with E-state index in [1.165, 1.54) is 18.2 Å². The van der Waals surface area contributed by atoms with Crippen molar-refractivity contribution in [1.29, 1.82) is 0 Å². The lowest BCUT2D eigenvalue weighted by Gasteiger charge is -2.07. The molecule has 1 aromatic carbocycles. The first-order valence-electron chi connectivity index (χ1n) is 4.99. The quantitative estimate of drug-likeness (QED) is 0.629. The minimum absolute atomic E-state index is 0.00516. The van der Waals surface area contributed by atoms with Crippen LogP contribution in [0.25, 0.3) is 0 Å². The largest absolute Gasteiger partial charge is 0.437 e. The van der Waals surface area contributed by atoms with Gasteiger partial charge in [-0.1, -0.05) is 17.7 Å². The Kier molecular flexibility index (Phi) is 3.38. The number of ether oxygens (including phenoxy) is 1. The predicted molar refractivity (Wildman–Crippen MR) is 64.9 cm³/mol. The van der Waals surface area contributed by atoms with Gasteiger partial charge in [-0.15, -0.1) is 10.2 Å². The minimum atomic E-state index is -0.463. The molecule has 1 heterocycles. The van der Waals surface area contributed by atoms with Gasteiger partial charge >= 0.3 is 0 Å². The molecule has 2 aromatic rings. The number of nitro groups is 1. The van der Waals surface area contributed by atoms with E-state index in [-0.39, 0.29) is 16.7 Å². The monoisotopic (exact) mass is 265 g/mol. The van der Waals surface area contributed by atoms with E-state index in [0.29, 0.717) is 11.3 Å². The maximum Gasteiger partial charge on any atom is 0.276 e. The van der Waals surface area contributed by atoms with E-state index in [1.54, 1.807) is 19.1 Å². The van der Waals surface area contributed by atoms with E-state index in [9.17, 15) is 10.1 Å². The van der Waals surface area contributed by atoms with Gasteiger partial charge in [0.15, 0.2) is 5.15 Å². The number of benzene rings is 1. The van der Waals surface area contributed by atoms with E-state index in [1.807, 2.05) is 0 Å². The molecule has 0 radical (unpaired) electrons. The summed E-state index contributed by atoms with van der Waals surface area (Å²) in [5, 5.41) is 18.4. The van der Waals surface area contributed by atoms with Crippen LogP contribution < -0.4 is 4.74 Å². The number of aromatic nitrogens is 2. The summed E-state index contributed by atoms with van der Waals surface area (Å²) in [5.74, 6) is 0.587. The molecule has 0 saturated carbocycles. The molecule has 0 atom stereocenters. The fraction of sp³-hybridized carbons (Fsp3) is 0.0909. The molecular formula is C11H8ClN3O3. The van der Waals surface area contributed by atoms with E-state index in [4.69, 9.17) is 16.3 Å². The summed E-state index contributed by atoms with van der Waals surface area (Å²) < 4.78 is 5.42. The van der Waals surface area contributed by atoms with Crippen LogP contribution in [0.1, 0.15) is 5.56 Å². The molecule has 0 aliphatic carbocycles. The summed E-state index contributed by atoms with van der Waals surface area (Å²) in [4.78, 5) is 10.3. The van der Waals surface area contributed by atoms with Gasteiger partial charge in [0.05, 0.1) is 10.5 Å². The fourth-order valence-corrected chi connectivity index (χ4v) is 1.48. The summed E-state index contributed by atoms with van der Waals surface area (Å²) in [6.07, 6.45) is 0. The lowest BCUT2D eigenvalue weighted by atomic mass is 10.2. The summed E-state index contributed by atoms with van der Waals surface area (Å²) in [6, 6.07) is 7.64. The highest BCUT2D eigenvalue weighted by Gasteiger charge is 2.14. The Balaban J connectivity index is 2.32. The van der Waals surface area contributed by atoms with Gasteiger partial charge in [0, 0.05) is 12.1 Å². The normalized spacial score (nSPS) is 10.1. The lowest BCUT2D eigenvalue weighted by molar-refractivity contribution is -0.385. The highest BCUT2D eigenvalue weighted by Crippen LogP contribution is 2.29. The van der Waals surface area contributed by atoms with Gasteiger partial charge in [0.1, 0.15) is 5.75 Å². The van der Waals surface area contributed by atoms with Crippen LogP contribution in [-0.2, 0) is 0 Å². The van der Waals surface area contributed by atoms with Crippen molar-refractivity contribution in [2.24, 2.45) is 0 Å². The zero-order valence-corrected chi connectivity index (χ0v) is 10.1. The Morgan fingerprint density at radius 1 is 1.28 bits per heavy atom. The predicted octanol–water partition coefficient (Wildman–Crippen LogP) is 3.14. The molecule has 0 bridgehead atoms. The number of nitrogens with zero attached hydrogens (tertiary/aromatic N) is 3. The minimum Gasteiger partial charge on any atom is -0.437 e. The molecule has 0 N–H and O–H groups in total. The smallest absolute Gasteiger partial charge is 0.276 e. The third-order valence-electron chi connectivity index (χ3n) is 2.27. The second-order valence-electron chi connectivity index (χ2n) is 3.45. The molecule has 6 nitrogen and oxygen atoms in total. The van der Waals surface area contributed by atoms with Crippen LogP contribution in [0.4, 0.5) is 5.69 Å². The van der Waals surface area contributed by atoms with Crippen molar-refractivity contribution in [3.05, 3.63) is 51.2 Å². The second kappa shape index (κ2) is 4.97. The van der Waals surface area contributed by atoms with Gasteiger partial charge in [0.25, 0.3) is 5.69 Å². The lowest BCUT2D eigenvalue weighted by Crippen LogP contribution is -1.96. The van der Waals surface area contributed by atoms with Crippen molar-refractivity contribution >= 4 is 17.3 Å². The van der Waals surface area contributed by atoms with E-state index in [2.05, 4.69) is 10.2 Å². The van der Waals surface area contributed by atoms with Gasteiger partial charge in [-0.25, -0.2) is 0 Å². The van der Waals surface area contributed by atoms with Gasteiger partial charge in [-0.2, -0.15) is 0 Å². The van der Waals surface area contributed by atoms with Gasteiger partial charge in [0.2, 0.25) is 5.88 Å². The molecule has 0 spiro atoms. The third kappa shape index (κ3) is 2.54. The Bertz CT molecular complexity index is 587. The molecule has 1 aromatic heterocycles. The van der Waals surface area contributed by atoms with Crippen LogP contribution in [-0.4, -0.2) is 15.1 Å². The van der Waals surface area contributed by atoms with Crippen LogP contribution in [0.5, 0.6) is 11.6 Å². The highest BCUT2D eigenvalue weighted by molar-refractivity contribution is 6.29. The first kappa shape index (κ1) is 12.3. The van der Waals surface area contributed by atoms with Crippen molar-refractivity contribution in [2.45, 2.75) is 6.92 Å². The number of nitro benzene ring substituents is 1. The Morgan fingerprint density at radius 2 is 2.06 bits per heavy atom. The Labute approximate surface area is 107 Å². The average Bonchev–Trinajstić information content (AvgIpc) is 2.34. The van der Waals surface area contributed by atoms with Crippen LogP contribution in [0.2, 0.25) is 5.15 Å². The zero-order valence-electron chi connectivity index (χ0n) is 9.33. The topological polar surface area (TPSA) is 78.2 Å². The van der Waals surface area contributed by atoms with Crippen molar-refractivity contribution in [3.8, 4) is 11.6 Å².